The Labute approximate surface area is 862 Å². The van der Waals surface area contributed by atoms with E-state index in [1.54, 1.807) is 43.4 Å². The van der Waals surface area contributed by atoms with Gasteiger partial charge in [0.1, 0.15) is 6.79 Å². The van der Waals surface area contributed by atoms with Crippen molar-refractivity contribution < 1.29 is 9.47 Å². The maximum absolute atomic E-state index is 4.72. The lowest BCUT2D eigenvalue weighted by Crippen LogP contribution is -1.79. The lowest BCUT2D eigenvalue weighted by molar-refractivity contribution is 0.0692. The average molecular weight is 1920 g/mol. The highest BCUT2D eigenvalue weighted by molar-refractivity contribution is 5.84. The van der Waals surface area contributed by atoms with Crippen molar-refractivity contribution in [3.8, 4) is 0 Å². The molecule has 19 rings (SSSR count). The molecule has 9 aromatic carbocycles. The van der Waals surface area contributed by atoms with Gasteiger partial charge >= 0.3 is 0 Å². The Bertz CT molecular complexity index is 3500. The van der Waals surface area contributed by atoms with Crippen LogP contribution in [0.5, 0.6) is 0 Å². The molecule has 0 atom stereocenters. The molecule has 0 bridgehead atoms. The minimum atomic E-state index is 0.500. The predicted octanol–water partition coefficient (Wildman–Crippen LogP) is 42.3. The second-order valence-corrected chi connectivity index (χ2v) is 21.1. The van der Waals surface area contributed by atoms with E-state index in [0.29, 0.717) is 6.79 Å². The van der Waals surface area contributed by atoms with E-state index in [4.69, 9.17) is 9.47 Å². The summed E-state index contributed by atoms with van der Waals surface area (Å²) in [4.78, 5) is 28.8. The molecule has 13 nitrogen and oxygen atoms in total. The first kappa shape index (κ1) is 159. The lowest BCUT2D eigenvalue weighted by Gasteiger charge is -1.92. The third kappa shape index (κ3) is 89.9. The monoisotopic (exact) mass is 1920 g/mol. The van der Waals surface area contributed by atoms with Crippen LogP contribution in [-0.2, 0) is 9.47 Å². The Morgan fingerprint density at radius 2 is 0.371 bits per heavy atom. The van der Waals surface area contributed by atoms with Gasteiger partial charge in [0, 0.05) is 81.9 Å². The van der Waals surface area contributed by atoms with Crippen molar-refractivity contribution in [2.24, 2.45) is 0 Å². The van der Waals surface area contributed by atoms with Gasteiger partial charge < -0.3 is 9.47 Å². The first-order chi connectivity index (χ1) is 69.7. The van der Waals surface area contributed by atoms with E-state index in [1.165, 1.54) is 64.4 Å². The summed E-state index contributed by atoms with van der Waals surface area (Å²) in [5.74, 6) is 0. The summed E-state index contributed by atoms with van der Waals surface area (Å²) in [5, 5.41) is 27.2. The molecule has 0 amide bonds. The Kier molecular flexibility index (Phi) is 170. The number of nitrogens with zero attached hydrogens (tertiary/aromatic N) is 11. The highest BCUT2D eigenvalue weighted by Crippen LogP contribution is 2.17. The van der Waals surface area contributed by atoms with Crippen LogP contribution >= 0.6 is 0 Å². The third-order valence-corrected chi connectivity index (χ3v) is 14.3. The average Bonchev–Trinajstić information content (AvgIpc) is 1.72. The van der Waals surface area contributed by atoms with Crippen molar-refractivity contribution in [1.29, 1.82) is 0 Å². The zero-order valence-corrected chi connectivity index (χ0v) is 97.5. The molecule has 2 aliphatic rings. The molecule has 140 heavy (non-hydrogen) atoms. The normalized spacial score (nSPS) is 8.71. The molecule has 1 saturated carbocycles. The number of aromatic nitrogens is 11. The van der Waals surface area contributed by atoms with Gasteiger partial charge in [-0.15, -0.1) is 0 Å². The number of rotatable bonds is 0. The number of ether oxygens (including phenoxy) is 2. The van der Waals surface area contributed by atoms with Gasteiger partial charge in [-0.3, -0.25) is 24.9 Å². The molecule has 2 fully saturated rings. The molecule has 17 aromatic rings. The van der Waals surface area contributed by atoms with Crippen LogP contribution in [0.4, 0.5) is 0 Å². The van der Waals surface area contributed by atoms with E-state index in [0.717, 1.165) is 68.0 Å². The zero-order valence-electron chi connectivity index (χ0n) is 97.5. The zero-order chi connectivity index (χ0) is 110. The van der Waals surface area contributed by atoms with Crippen LogP contribution in [0, 0.1) is 0 Å². The van der Waals surface area contributed by atoms with Crippen molar-refractivity contribution in [3.63, 3.8) is 0 Å². The Hall–Kier alpha value is -12.0. The van der Waals surface area contributed by atoms with Crippen LogP contribution in [0.1, 0.15) is 337 Å². The van der Waals surface area contributed by atoms with Crippen molar-refractivity contribution in [3.05, 3.63) is 359 Å². The Morgan fingerprint density at radius 1 is 0.157 bits per heavy atom. The van der Waals surface area contributed by atoms with Crippen LogP contribution in [0.15, 0.2) is 359 Å². The standard InChI is InChI=1S/C10H8.3C9H7N.4C8H6N2.C6H6.C5H10.C3H6O2.22C2H6/c1-2-6-10-8-4-3-7-9(10)5-1;2*1-2-6-9-8(4-1)5-3-7-10-9;1-2-4-9-7-10-6-5-8(9)3-1;1-3-7-4-2-6-10-8(7)9-5-1;1-2-4-8-6-10-9-5-7(8)3-1;1-2-4-8-7(3-1)9-5-6-10-8;1-2-4-8-7(3-1)5-6-9-10-8;1-2-4-6-5-3-1;1-2-4-5-3-1;1-2-5-3-4-1;22*1-2/h1-8H;3*1-7H;4*1-6H;1-6H;1-5H2;1-3H2;22*1-2H3. The summed E-state index contributed by atoms with van der Waals surface area (Å²) < 4.78 is 9.44. The van der Waals surface area contributed by atoms with E-state index < -0.39 is 0 Å². The SMILES string of the molecule is C1CCCC1.C1COCO1.CC.CC.CC.CC.CC.CC.CC.CC.CC.CC.CC.CC.CC.CC.CC.CC.CC.CC.CC.CC.CC.CC.c1ccc2ccccc2c1.c1ccc2cnccc2c1.c1ccc2cnncc2c1.c1ccc2ncccc2c1.c1ccc2ncccc2c1.c1ccc2nccnc2c1.c1ccc2nnccc2c1.c1ccccc1.c1cnc2ncccc2c1. The fourth-order valence-electron chi connectivity index (χ4n) is 9.44. The van der Waals surface area contributed by atoms with E-state index in [1.807, 2.05) is 536 Å². The van der Waals surface area contributed by atoms with Crippen molar-refractivity contribution in [1.82, 2.24) is 55.3 Å². The van der Waals surface area contributed by atoms with Gasteiger partial charge in [-0.1, -0.05) is 549 Å². The second-order valence-electron chi connectivity index (χ2n) is 21.1. The molecular weight excluding hydrogens is 1710 g/mol. The van der Waals surface area contributed by atoms with Crippen LogP contribution < -0.4 is 0 Å². The number of benzene rings is 9. The maximum atomic E-state index is 4.72. The molecule has 1 aliphatic carbocycles. The van der Waals surface area contributed by atoms with Crippen LogP contribution in [0.25, 0.3) is 87.1 Å². The molecule has 1 saturated heterocycles. The Morgan fingerprint density at radius 3 is 0.636 bits per heavy atom. The number of fused-ring (bicyclic) bond motifs is 8. The van der Waals surface area contributed by atoms with Gasteiger partial charge in [-0.05, 0) is 100 Å². The van der Waals surface area contributed by atoms with E-state index in [9.17, 15) is 0 Å². The van der Waals surface area contributed by atoms with E-state index in [-0.39, 0.29) is 0 Å². The van der Waals surface area contributed by atoms with Gasteiger partial charge in [0.05, 0.1) is 59.4 Å². The van der Waals surface area contributed by atoms with Gasteiger partial charge in [0.25, 0.3) is 0 Å². The van der Waals surface area contributed by atoms with Crippen LogP contribution in [0.2, 0.25) is 0 Å². The first-order valence-electron chi connectivity index (χ1n) is 53.8. The summed E-state index contributed by atoms with van der Waals surface area (Å²) in [6, 6.07) is 96.6. The predicted molar refractivity (Wildman–Crippen MR) is 643 cm³/mol. The number of para-hydroxylation sites is 4. The summed E-state index contributed by atoms with van der Waals surface area (Å²) >= 11 is 0. The highest BCUT2D eigenvalue weighted by Gasteiger charge is 1.97. The molecule has 0 N–H and O–H groups in total. The van der Waals surface area contributed by atoms with Crippen molar-refractivity contribution in [2.45, 2.75) is 337 Å². The van der Waals surface area contributed by atoms with E-state index in [2.05, 4.69) is 140 Å². The largest absolute Gasteiger partial charge is 0.353 e. The molecule has 13 heteroatoms. The van der Waals surface area contributed by atoms with Crippen molar-refractivity contribution >= 4 is 87.1 Å². The molecule has 0 spiro atoms. The number of pyridine rings is 5. The van der Waals surface area contributed by atoms with Crippen LogP contribution in [0.3, 0.4) is 0 Å². The fraction of sp³-hybridized carbons (Fsp3) is 0.409. The number of hydrogen-bond donors (Lipinski definition) is 0. The summed E-state index contributed by atoms with van der Waals surface area (Å²) in [6.07, 6.45) is 26.9. The molecule has 0 radical (unpaired) electrons. The summed E-state index contributed by atoms with van der Waals surface area (Å²) in [7, 11) is 0. The van der Waals surface area contributed by atoms with Gasteiger partial charge in [0.2, 0.25) is 0 Å². The first-order valence-corrected chi connectivity index (χ1v) is 53.8. The van der Waals surface area contributed by atoms with Crippen LogP contribution in [-0.4, -0.2) is 75.3 Å². The van der Waals surface area contributed by atoms with E-state index >= 15 is 0 Å². The fourth-order valence-corrected chi connectivity index (χ4v) is 9.44. The van der Waals surface area contributed by atoms with Gasteiger partial charge in [-0.2, -0.15) is 20.4 Å². The summed E-state index contributed by atoms with van der Waals surface area (Å²) in [6.45, 7) is 90.1. The quantitative estimate of drug-likeness (QED) is 0.141. The Balaban J connectivity index is -0.000000100. The topological polar surface area (TPSA) is 160 Å². The van der Waals surface area contributed by atoms with Gasteiger partial charge in [-0.25, -0.2) is 9.97 Å². The number of hydrogen-bond acceptors (Lipinski definition) is 13. The smallest absolute Gasteiger partial charge is 0.159 e. The van der Waals surface area contributed by atoms with Crippen molar-refractivity contribution in [2.75, 3.05) is 20.0 Å². The van der Waals surface area contributed by atoms with Gasteiger partial charge in [0.15, 0.2) is 5.65 Å². The molecule has 9 heterocycles. The molecule has 0 unspecified atom stereocenters. The molecule has 1 aliphatic heterocycles. The second kappa shape index (κ2) is 150. The minimum Gasteiger partial charge on any atom is -0.353 e. The minimum absolute atomic E-state index is 0.500. The molecular formula is C127H207N11O2. The summed E-state index contributed by atoms with van der Waals surface area (Å²) in [5.41, 5.74) is 5.78. The molecule has 782 valence electrons. The maximum Gasteiger partial charge on any atom is 0.159 e. The highest BCUT2D eigenvalue weighted by atomic mass is 16.7. The third-order valence-electron chi connectivity index (χ3n) is 14.3. The molecule has 8 aromatic heterocycles. The lowest BCUT2D eigenvalue weighted by atomic mass is 10.1.